The molecule has 6 nitrogen and oxygen atoms in total. The summed E-state index contributed by atoms with van der Waals surface area (Å²) in [5, 5.41) is 17.3. The molecule has 0 aliphatic carbocycles. The van der Waals surface area contributed by atoms with Gasteiger partial charge < -0.3 is 35.0 Å². The molecule has 0 amide bonds. The number of aromatic hydroxyl groups is 2. The zero-order valence-corrected chi connectivity index (χ0v) is 13.1. The van der Waals surface area contributed by atoms with E-state index in [1.165, 1.54) is 18.2 Å². The summed E-state index contributed by atoms with van der Waals surface area (Å²) >= 11 is 0. The van der Waals surface area contributed by atoms with E-state index < -0.39 is 10.4 Å². The van der Waals surface area contributed by atoms with Crippen molar-refractivity contribution in [3.63, 3.8) is 0 Å². The van der Waals surface area contributed by atoms with Crippen molar-refractivity contribution in [3.8, 4) is 11.5 Å². The average molecular weight is 344 g/mol. The van der Waals surface area contributed by atoms with Crippen molar-refractivity contribution in [3.05, 3.63) is 24.3 Å². The maximum Gasteiger partial charge on any atom is 2.00 e. The van der Waals surface area contributed by atoms with E-state index in [0.29, 0.717) is 0 Å². The van der Waals surface area contributed by atoms with Crippen molar-refractivity contribution in [2.75, 3.05) is 0 Å². The molecule has 1 rings (SSSR count). The molecule has 0 bridgehead atoms. The fraction of sp³-hybridized carbons (Fsp3) is 0. The molecule has 0 saturated heterocycles. The minimum atomic E-state index is -4.67. The van der Waals surface area contributed by atoms with Crippen LogP contribution in [-0.2, 0) is 29.9 Å². The molecule has 0 heterocycles. The van der Waals surface area contributed by atoms with Gasteiger partial charge in [-0.1, -0.05) is 6.07 Å². The summed E-state index contributed by atoms with van der Waals surface area (Å²) in [7, 11) is -4.67. The Morgan fingerprint density at radius 2 is 1.19 bits per heavy atom. The Bertz CT molecular complexity index is 346. The van der Waals surface area contributed by atoms with Gasteiger partial charge in [-0.3, -0.25) is 9.11 Å². The summed E-state index contributed by atoms with van der Waals surface area (Å²) in [6.45, 7) is 0. The van der Waals surface area contributed by atoms with Crippen molar-refractivity contribution < 1.29 is 72.0 Å². The van der Waals surface area contributed by atoms with Gasteiger partial charge in [0.25, 0.3) is 0 Å². The molecule has 90 valence electrons. The summed E-state index contributed by atoms with van der Waals surface area (Å²) in [6, 6.07) is 5.85. The number of benzene rings is 1. The Morgan fingerprint density at radius 1 is 0.938 bits per heavy atom. The fourth-order valence-corrected chi connectivity index (χ4v) is 0.493. The van der Waals surface area contributed by atoms with Crippen LogP contribution in [0.1, 0.15) is 0 Å². The van der Waals surface area contributed by atoms with E-state index in [4.69, 9.17) is 27.7 Å². The van der Waals surface area contributed by atoms with Gasteiger partial charge in [-0.05, 0) is 12.1 Å². The van der Waals surface area contributed by atoms with E-state index in [-0.39, 0.29) is 55.8 Å². The Morgan fingerprint density at radius 3 is 1.31 bits per heavy atom. The smallest absolute Gasteiger partial charge is 1.00 e. The molecule has 0 spiro atoms. The van der Waals surface area contributed by atoms with Crippen molar-refractivity contribution in [2.24, 2.45) is 0 Å². The first-order chi connectivity index (χ1) is 5.79. The van der Waals surface area contributed by atoms with Crippen LogP contribution in [0.15, 0.2) is 24.3 Å². The summed E-state index contributed by atoms with van der Waals surface area (Å²) in [5.41, 5.74) is 0. The number of phenolic OH excluding ortho intramolecular Hbond substituents is 2. The van der Waals surface area contributed by atoms with E-state index in [2.05, 4.69) is 0 Å². The van der Waals surface area contributed by atoms with Crippen LogP contribution >= 0.6 is 0 Å². The minimum absolute atomic E-state index is 0. The van der Waals surface area contributed by atoms with Crippen LogP contribution in [0, 0.1) is 0 Å². The van der Waals surface area contributed by atoms with Gasteiger partial charge in [-0.25, -0.2) is 0 Å². The second-order valence-electron chi connectivity index (χ2n) is 1.97. The van der Waals surface area contributed by atoms with Crippen molar-refractivity contribution in [1.82, 2.24) is 0 Å². The molecule has 0 aliphatic rings. The summed E-state index contributed by atoms with van der Waals surface area (Å²) in [4.78, 5) is 0. The Hall–Kier alpha value is -0.107. The van der Waals surface area contributed by atoms with Gasteiger partial charge in [0, 0.05) is 6.07 Å². The molecule has 16 heavy (non-hydrogen) atoms. The Labute approximate surface area is 118 Å². The molecule has 0 atom stereocenters. The average Bonchev–Trinajstić information content (AvgIpc) is 1.81. The van der Waals surface area contributed by atoms with E-state index in [0.717, 1.165) is 0 Å². The van der Waals surface area contributed by atoms with E-state index >= 15 is 0 Å². The molecule has 0 unspecified atom stereocenters. The minimum Gasteiger partial charge on any atom is -1.00 e. The molecule has 1 aromatic rings. The number of rotatable bonds is 0. The maximum absolute atomic E-state index is 8.74. The molecule has 0 aromatic heterocycles. The fourth-order valence-electron chi connectivity index (χ4n) is 0.493. The van der Waals surface area contributed by atoms with Gasteiger partial charge in [-0.2, -0.15) is 8.42 Å². The van der Waals surface area contributed by atoms with Crippen LogP contribution in [0.4, 0.5) is 0 Å². The zero-order valence-electron chi connectivity index (χ0n) is 7.79. The van der Waals surface area contributed by atoms with Gasteiger partial charge in [0.15, 0.2) is 0 Å². The van der Waals surface area contributed by atoms with Gasteiger partial charge in [-0.15, -0.1) is 0 Å². The van der Waals surface area contributed by atoms with Crippen LogP contribution in [0.5, 0.6) is 11.5 Å². The summed E-state index contributed by atoms with van der Waals surface area (Å²) in [6.07, 6.45) is 0. The second-order valence-corrected chi connectivity index (χ2v) is 2.86. The third-order valence-electron chi connectivity index (χ3n) is 0.830. The number of phenols is 2. The molecule has 10 heteroatoms. The van der Waals surface area contributed by atoms with Crippen molar-refractivity contribution in [2.45, 2.75) is 0 Å². The third-order valence-corrected chi connectivity index (χ3v) is 0.830. The topological polar surface area (TPSA) is 115 Å². The molecule has 4 N–H and O–H groups in total. The normalized spacial score (nSPS) is 8.12. The first kappa shape index (κ1) is 24.9. The predicted molar refractivity (Wildman–Crippen MR) is 43.9 cm³/mol. The van der Waals surface area contributed by atoms with E-state index in [9.17, 15) is 0 Å². The number of halogens is 2. The first-order valence-corrected chi connectivity index (χ1v) is 4.36. The Balaban J connectivity index is -0.0000000818. The molecule has 0 fully saturated rings. The molecule has 0 aliphatic heterocycles. The van der Waals surface area contributed by atoms with Crippen LogP contribution in [0.25, 0.3) is 0 Å². The molecule has 0 saturated carbocycles. The van der Waals surface area contributed by atoms with E-state index in [1.807, 2.05) is 0 Å². The summed E-state index contributed by atoms with van der Waals surface area (Å²) < 4.78 is 31.6. The quantitative estimate of drug-likeness (QED) is 0.276. The molecule has 1 aromatic carbocycles. The molecule has 0 radical (unpaired) electrons. The SMILES string of the molecule is O=S(=O)(O)O.Oc1cccc(O)c1.[Cl-].[Cl-].[Zn+2]. The number of hydrogen-bond donors (Lipinski definition) is 4. The Kier molecular flexibility index (Phi) is 17.7. The number of hydrogen-bond acceptors (Lipinski definition) is 4. The van der Waals surface area contributed by atoms with Crippen LogP contribution in [0.3, 0.4) is 0 Å². The van der Waals surface area contributed by atoms with Crippen LogP contribution in [0.2, 0.25) is 0 Å². The van der Waals surface area contributed by atoms with Crippen molar-refractivity contribution in [1.29, 1.82) is 0 Å². The molecular weight excluding hydrogens is 336 g/mol. The standard InChI is InChI=1S/C6H6O2.2ClH.H2O4S.Zn/c7-5-2-1-3-6(8)4-5;;;1-5(2,3)4;/h1-4,7-8H;2*1H;(H2,1,2,3,4);/q;;;;+2/p-2. The van der Waals surface area contributed by atoms with Gasteiger partial charge >= 0.3 is 29.9 Å². The van der Waals surface area contributed by atoms with Gasteiger partial charge in [0.2, 0.25) is 0 Å². The second kappa shape index (κ2) is 11.4. The molecular formula is C6H8Cl2O6SZn. The van der Waals surface area contributed by atoms with Crippen molar-refractivity contribution >= 4 is 10.4 Å². The largest absolute Gasteiger partial charge is 2.00 e. The summed E-state index contributed by atoms with van der Waals surface area (Å²) in [5.74, 6) is 0.176. The van der Waals surface area contributed by atoms with Crippen LogP contribution < -0.4 is 24.8 Å². The van der Waals surface area contributed by atoms with Gasteiger partial charge in [0.05, 0.1) is 0 Å². The predicted octanol–water partition coefficient (Wildman–Crippen LogP) is -5.55. The van der Waals surface area contributed by atoms with E-state index in [1.54, 1.807) is 6.07 Å². The van der Waals surface area contributed by atoms with Crippen LogP contribution in [-0.4, -0.2) is 27.7 Å². The third kappa shape index (κ3) is 23.6. The zero-order chi connectivity index (χ0) is 10.5. The maximum atomic E-state index is 8.74. The first-order valence-electron chi connectivity index (χ1n) is 2.97. The van der Waals surface area contributed by atoms with Gasteiger partial charge in [0.1, 0.15) is 11.5 Å². The monoisotopic (exact) mass is 342 g/mol.